The van der Waals surface area contributed by atoms with Crippen molar-refractivity contribution in [3.05, 3.63) is 23.8 Å². The Bertz CT molecular complexity index is 316. The van der Waals surface area contributed by atoms with Gasteiger partial charge in [-0.1, -0.05) is 26.0 Å². The van der Waals surface area contributed by atoms with Gasteiger partial charge in [-0.05, 0) is 30.9 Å². The summed E-state index contributed by atoms with van der Waals surface area (Å²) in [5, 5.41) is 13.0. The van der Waals surface area contributed by atoms with E-state index in [9.17, 15) is 5.11 Å². The molecule has 0 saturated carbocycles. The molecule has 0 spiro atoms. The Morgan fingerprint density at radius 1 is 1.38 bits per heavy atom. The van der Waals surface area contributed by atoms with Crippen LogP contribution in [-0.4, -0.2) is 17.8 Å². The van der Waals surface area contributed by atoms with Crippen molar-refractivity contribution >= 4 is 11.4 Å². The first-order valence-electron chi connectivity index (χ1n) is 5.77. The molecule has 90 valence electrons. The van der Waals surface area contributed by atoms with Crippen LogP contribution in [0.3, 0.4) is 0 Å². The van der Waals surface area contributed by atoms with Gasteiger partial charge in [0.05, 0.1) is 17.5 Å². The Morgan fingerprint density at radius 3 is 2.62 bits per heavy atom. The van der Waals surface area contributed by atoms with Crippen LogP contribution in [0.1, 0.15) is 25.8 Å². The monoisotopic (exact) mass is 222 g/mol. The second-order valence-corrected chi connectivity index (χ2v) is 4.70. The van der Waals surface area contributed by atoms with Gasteiger partial charge in [0.25, 0.3) is 0 Å². The number of rotatable bonds is 5. The number of benzene rings is 1. The van der Waals surface area contributed by atoms with E-state index in [-0.39, 0.29) is 6.10 Å². The molecule has 3 heteroatoms. The predicted molar refractivity (Wildman–Crippen MR) is 69.5 cm³/mol. The fraction of sp³-hybridized carbons (Fsp3) is 0.538. The fourth-order valence-electron chi connectivity index (χ4n) is 1.78. The number of nitrogens with one attached hydrogen (secondary N) is 1. The van der Waals surface area contributed by atoms with Crippen LogP contribution in [0.4, 0.5) is 11.4 Å². The number of hydrogen-bond acceptors (Lipinski definition) is 3. The summed E-state index contributed by atoms with van der Waals surface area (Å²) < 4.78 is 0. The highest BCUT2D eigenvalue weighted by Crippen LogP contribution is 2.22. The zero-order valence-corrected chi connectivity index (χ0v) is 10.3. The van der Waals surface area contributed by atoms with Gasteiger partial charge in [-0.3, -0.25) is 0 Å². The molecule has 3 nitrogen and oxygen atoms in total. The summed E-state index contributed by atoms with van der Waals surface area (Å²) in [4.78, 5) is 0. The van der Waals surface area contributed by atoms with Crippen molar-refractivity contribution in [2.24, 2.45) is 5.92 Å². The SMILES string of the molecule is Cc1cccc(N)c1NCC(O)CC(C)C. The summed E-state index contributed by atoms with van der Waals surface area (Å²) in [6, 6.07) is 5.80. The first kappa shape index (κ1) is 12.8. The topological polar surface area (TPSA) is 58.3 Å². The Balaban J connectivity index is 2.54. The van der Waals surface area contributed by atoms with Crippen LogP contribution in [0.15, 0.2) is 18.2 Å². The average Bonchev–Trinajstić information content (AvgIpc) is 2.15. The quantitative estimate of drug-likeness (QED) is 0.670. The average molecular weight is 222 g/mol. The maximum absolute atomic E-state index is 9.76. The molecule has 0 aromatic heterocycles. The van der Waals surface area contributed by atoms with Crippen LogP contribution in [0.25, 0.3) is 0 Å². The first-order chi connectivity index (χ1) is 7.50. The second-order valence-electron chi connectivity index (χ2n) is 4.70. The van der Waals surface area contributed by atoms with Gasteiger partial charge >= 0.3 is 0 Å². The van der Waals surface area contributed by atoms with E-state index < -0.39 is 0 Å². The third-order valence-electron chi connectivity index (χ3n) is 2.56. The van der Waals surface area contributed by atoms with Crippen LogP contribution >= 0.6 is 0 Å². The lowest BCUT2D eigenvalue weighted by molar-refractivity contribution is 0.161. The summed E-state index contributed by atoms with van der Waals surface area (Å²) in [6.45, 7) is 6.76. The van der Waals surface area contributed by atoms with E-state index in [0.29, 0.717) is 12.5 Å². The lowest BCUT2D eigenvalue weighted by atomic mass is 10.1. The largest absolute Gasteiger partial charge is 0.397 e. The first-order valence-corrected chi connectivity index (χ1v) is 5.77. The Kier molecular flexibility index (Phi) is 4.62. The normalized spacial score (nSPS) is 12.8. The third-order valence-corrected chi connectivity index (χ3v) is 2.56. The number of aryl methyl sites for hydroxylation is 1. The molecular formula is C13H22N2O. The highest BCUT2D eigenvalue weighted by Gasteiger charge is 2.08. The molecule has 0 aliphatic rings. The number of nitrogens with two attached hydrogens (primary N) is 1. The van der Waals surface area contributed by atoms with E-state index in [1.807, 2.05) is 25.1 Å². The highest BCUT2D eigenvalue weighted by molar-refractivity contribution is 5.69. The summed E-state index contributed by atoms with van der Waals surface area (Å²) in [5.74, 6) is 0.506. The summed E-state index contributed by atoms with van der Waals surface area (Å²) in [7, 11) is 0. The molecule has 0 fully saturated rings. The smallest absolute Gasteiger partial charge is 0.0715 e. The second kappa shape index (κ2) is 5.75. The van der Waals surface area contributed by atoms with Crippen molar-refractivity contribution in [3.8, 4) is 0 Å². The molecule has 0 bridgehead atoms. The Labute approximate surface area is 97.7 Å². The van der Waals surface area contributed by atoms with Gasteiger partial charge in [0, 0.05) is 6.54 Å². The molecule has 0 amide bonds. The van der Waals surface area contributed by atoms with Crippen molar-refractivity contribution in [2.45, 2.75) is 33.3 Å². The van der Waals surface area contributed by atoms with Gasteiger partial charge < -0.3 is 16.2 Å². The van der Waals surface area contributed by atoms with Crippen LogP contribution in [0.5, 0.6) is 0 Å². The van der Waals surface area contributed by atoms with Crippen LogP contribution in [0.2, 0.25) is 0 Å². The van der Waals surface area contributed by atoms with Gasteiger partial charge in [-0.15, -0.1) is 0 Å². The number of anilines is 2. The van der Waals surface area contributed by atoms with E-state index in [0.717, 1.165) is 23.4 Å². The van der Waals surface area contributed by atoms with Crippen molar-refractivity contribution in [3.63, 3.8) is 0 Å². The molecule has 0 aliphatic heterocycles. The molecule has 1 aromatic carbocycles. The van der Waals surface area contributed by atoms with Crippen molar-refractivity contribution in [1.82, 2.24) is 0 Å². The van der Waals surface area contributed by atoms with Crippen molar-refractivity contribution < 1.29 is 5.11 Å². The fourth-order valence-corrected chi connectivity index (χ4v) is 1.78. The molecule has 1 unspecified atom stereocenters. The molecular weight excluding hydrogens is 200 g/mol. The summed E-state index contributed by atoms with van der Waals surface area (Å²) in [5.41, 5.74) is 8.64. The molecule has 0 heterocycles. The lowest BCUT2D eigenvalue weighted by Crippen LogP contribution is -2.22. The molecule has 16 heavy (non-hydrogen) atoms. The Morgan fingerprint density at radius 2 is 2.06 bits per heavy atom. The minimum absolute atomic E-state index is 0.320. The van der Waals surface area contributed by atoms with Crippen LogP contribution in [-0.2, 0) is 0 Å². The number of nitrogen functional groups attached to an aromatic ring is 1. The number of para-hydroxylation sites is 1. The maximum Gasteiger partial charge on any atom is 0.0715 e. The van der Waals surface area contributed by atoms with Crippen molar-refractivity contribution in [2.75, 3.05) is 17.6 Å². The number of hydrogen-bond donors (Lipinski definition) is 3. The number of aliphatic hydroxyl groups excluding tert-OH is 1. The van der Waals surface area contributed by atoms with E-state index >= 15 is 0 Å². The van der Waals surface area contributed by atoms with Crippen molar-refractivity contribution in [1.29, 1.82) is 0 Å². The minimum Gasteiger partial charge on any atom is -0.397 e. The van der Waals surface area contributed by atoms with Gasteiger partial charge in [0.15, 0.2) is 0 Å². The van der Waals surface area contributed by atoms with Gasteiger partial charge in [-0.2, -0.15) is 0 Å². The zero-order chi connectivity index (χ0) is 12.1. The molecule has 0 aliphatic carbocycles. The molecule has 1 rings (SSSR count). The zero-order valence-electron chi connectivity index (χ0n) is 10.3. The molecule has 4 N–H and O–H groups in total. The van der Waals surface area contributed by atoms with E-state index in [1.54, 1.807) is 0 Å². The summed E-state index contributed by atoms with van der Waals surface area (Å²) >= 11 is 0. The van der Waals surface area contributed by atoms with E-state index in [2.05, 4.69) is 19.2 Å². The lowest BCUT2D eigenvalue weighted by Gasteiger charge is -2.17. The number of aliphatic hydroxyl groups is 1. The molecule has 0 saturated heterocycles. The molecule has 0 radical (unpaired) electrons. The van der Waals surface area contributed by atoms with Gasteiger partial charge in [-0.25, -0.2) is 0 Å². The van der Waals surface area contributed by atoms with E-state index in [1.165, 1.54) is 0 Å². The molecule has 1 atom stereocenters. The predicted octanol–water partition coefficient (Wildman–Crippen LogP) is 2.40. The van der Waals surface area contributed by atoms with E-state index in [4.69, 9.17) is 5.73 Å². The Hall–Kier alpha value is -1.22. The van der Waals surface area contributed by atoms with Gasteiger partial charge in [0.1, 0.15) is 0 Å². The summed E-state index contributed by atoms with van der Waals surface area (Å²) in [6.07, 6.45) is 0.484. The molecule has 1 aromatic rings. The van der Waals surface area contributed by atoms with Crippen LogP contribution in [0, 0.1) is 12.8 Å². The standard InChI is InChI=1S/C13H22N2O/c1-9(2)7-11(16)8-15-13-10(3)5-4-6-12(13)14/h4-6,9,11,15-16H,7-8,14H2,1-3H3. The van der Waals surface area contributed by atoms with Crippen LogP contribution < -0.4 is 11.1 Å². The van der Waals surface area contributed by atoms with Gasteiger partial charge in [0.2, 0.25) is 0 Å². The minimum atomic E-state index is -0.320. The highest BCUT2D eigenvalue weighted by atomic mass is 16.3. The maximum atomic E-state index is 9.76. The third kappa shape index (κ3) is 3.74.